The number of rotatable bonds is 6. The van der Waals surface area contributed by atoms with Crippen molar-refractivity contribution in [3.05, 3.63) is 29.8 Å². The standard InChI is InChI=1S/C17H24N2O3/c1-12(2)15(9-11-20)18-17(22)13-5-7-14(8-6-13)19-10-3-4-16(19)21/h5-8,12,15,20H,3-4,9-11H2,1-2H3,(H,18,22). The van der Waals surface area contributed by atoms with Crippen molar-refractivity contribution >= 4 is 17.5 Å². The molecule has 0 spiro atoms. The van der Waals surface area contributed by atoms with Crippen LogP contribution in [0.2, 0.25) is 0 Å². The molecule has 1 heterocycles. The van der Waals surface area contributed by atoms with Gasteiger partial charge in [0.1, 0.15) is 0 Å². The van der Waals surface area contributed by atoms with E-state index in [0.717, 1.165) is 18.7 Å². The van der Waals surface area contributed by atoms with Gasteiger partial charge in [0.2, 0.25) is 5.91 Å². The van der Waals surface area contributed by atoms with Crippen molar-refractivity contribution in [1.29, 1.82) is 0 Å². The maximum Gasteiger partial charge on any atom is 0.251 e. The van der Waals surface area contributed by atoms with Crippen molar-refractivity contribution in [2.75, 3.05) is 18.1 Å². The number of carbonyl (C=O) groups is 2. The highest BCUT2D eigenvalue weighted by Gasteiger charge is 2.22. The second-order valence-electron chi connectivity index (χ2n) is 6.03. The molecule has 1 fully saturated rings. The minimum absolute atomic E-state index is 0.0441. The summed E-state index contributed by atoms with van der Waals surface area (Å²) >= 11 is 0. The number of nitrogens with one attached hydrogen (secondary N) is 1. The Morgan fingerprint density at radius 3 is 2.50 bits per heavy atom. The number of hydrogen-bond donors (Lipinski definition) is 2. The molecular weight excluding hydrogens is 280 g/mol. The fourth-order valence-corrected chi connectivity index (χ4v) is 2.68. The van der Waals surface area contributed by atoms with Crippen LogP contribution in [0.5, 0.6) is 0 Å². The number of nitrogens with zero attached hydrogens (tertiary/aromatic N) is 1. The monoisotopic (exact) mass is 304 g/mol. The number of aliphatic hydroxyl groups excluding tert-OH is 1. The Balaban J connectivity index is 2.03. The molecule has 1 aliphatic rings. The molecule has 1 aromatic rings. The Hall–Kier alpha value is -1.88. The van der Waals surface area contributed by atoms with Crippen molar-refractivity contribution in [1.82, 2.24) is 5.32 Å². The molecule has 1 aromatic carbocycles. The number of hydrogen-bond acceptors (Lipinski definition) is 3. The molecule has 1 atom stereocenters. The molecule has 120 valence electrons. The highest BCUT2D eigenvalue weighted by molar-refractivity contribution is 5.97. The number of amides is 2. The summed E-state index contributed by atoms with van der Waals surface area (Å²) in [4.78, 5) is 25.7. The third kappa shape index (κ3) is 3.85. The van der Waals surface area contributed by atoms with Gasteiger partial charge in [-0.1, -0.05) is 13.8 Å². The molecule has 0 aromatic heterocycles. The Kier molecular flexibility index (Phi) is 5.55. The summed E-state index contributed by atoms with van der Waals surface area (Å²) in [6.07, 6.45) is 2.03. The molecule has 5 heteroatoms. The molecule has 22 heavy (non-hydrogen) atoms. The molecule has 1 saturated heterocycles. The zero-order valence-electron chi connectivity index (χ0n) is 13.2. The lowest BCUT2D eigenvalue weighted by molar-refractivity contribution is -0.117. The second kappa shape index (κ2) is 7.40. The topological polar surface area (TPSA) is 69.6 Å². The lowest BCUT2D eigenvalue weighted by atomic mass is 10.0. The lowest BCUT2D eigenvalue weighted by Crippen LogP contribution is -2.39. The van der Waals surface area contributed by atoms with Gasteiger partial charge in [0.15, 0.2) is 0 Å². The Bertz CT molecular complexity index is 525. The van der Waals surface area contributed by atoms with Crippen LogP contribution >= 0.6 is 0 Å². The third-order valence-corrected chi connectivity index (χ3v) is 4.08. The highest BCUT2D eigenvalue weighted by Crippen LogP contribution is 2.21. The summed E-state index contributed by atoms with van der Waals surface area (Å²) in [5.41, 5.74) is 1.41. The van der Waals surface area contributed by atoms with Gasteiger partial charge >= 0.3 is 0 Å². The number of aliphatic hydroxyl groups is 1. The van der Waals surface area contributed by atoms with Crippen LogP contribution in [0.15, 0.2) is 24.3 Å². The van der Waals surface area contributed by atoms with E-state index >= 15 is 0 Å². The number of anilines is 1. The van der Waals surface area contributed by atoms with Crippen molar-refractivity contribution in [3.8, 4) is 0 Å². The summed E-state index contributed by atoms with van der Waals surface area (Å²) in [5, 5.41) is 12.0. The van der Waals surface area contributed by atoms with Crippen LogP contribution in [0.25, 0.3) is 0 Å². The Morgan fingerprint density at radius 2 is 2.00 bits per heavy atom. The van der Waals surface area contributed by atoms with Crippen LogP contribution in [-0.2, 0) is 4.79 Å². The smallest absolute Gasteiger partial charge is 0.251 e. The van der Waals surface area contributed by atoms with Gasteiger partial charge in [-0.15, -0.1) is 0 Å². The van der Waals surface area contributed by atoms with E-state index < -0.39 is 0 Å². The quantitative estimate of drug-likeness (QED) is 0.844. The van der Waals surface area contributed by atoms with Crippen LogP contribution < -0.4 is 10.2 Å². The molecule has 2 N–H and O–H groups in total. The largest absolute Gasteiger partial charge is 0.396 e. The molecule has 2 amide bonds. The van der Waals surface area contributed by atoms with E-state index in [2.05, 4.69) is 5.32 Å². The average molecular weight is 304 g/mol. The maximum absolute atomic E-state index is 12.3. The van der Waals surface area contributed by atoms with Gasteiger partial charge < -0.3 is 15.3 Å². The summed E-state index contributed by atoms with van der Waals surface area (Å²) in [6.45, 7) is 4.83. The van der Waals surface area contributed by atoms with Gasteiger partial charge in [0.05, 0.1) is 0 Å². The highest BCUT2D eigenvalue weighted by atomic mass is 16.3. The Morgan fingerprint density at radius 1 is 1.32 bits per heavy atom. The first-order valence-corrected chi connectivity index (χ1v) is 7.85. The van der Waals surface area contributed by atoms with Gasteiger partial charge in [-0.3, -0.25) is 9.59 Å². The summed E-state index contributed by atoms with van der Waals surface area (Å²) in [5.74, 6) is 0.254. The van der Waals surface area contributed by atoms with E-state index in [-0.39, 0.29) is 30.4 Å². The first-order chi connectivity index (χ1) is 10.5. The van der Waals surface area contributed by atoms with E-state index in [9.17, 15) is 9.59 Å². The van der Waals surface area contributed by atoms with Crippen LogP contribution in [0.4, 0.5) is 5.69 Å². The van der Waals surface area contributed by atoms with E-state index in [4.69, 9.17) is 5.11 Å². The molecule has 1 aliphatic heterocycles. The molecule has 0 saturated carbocycles. The summed E-state index contributed by atoms with van der Waals surface area (Å²) < 4.78 is 0. The van der Waals surface area contributed by atoms with Gasteiger partial charge in [-0.2, -0.15) is 0 Å². The van der Waals surface area contributed by atoms with Gasteiger partial charge in [-0.05, 0) is 43.0 Å². The summed E-state index contributed by atoms with van der Waals surface area (Å²) in [6, 6.07) is 7.07. The fourth-order valence-electron chi connectivity index (χ4n) is 2.68. The minimum Gasteiger partial charge on any atom is -0.396 e. The average Bonchev–Trinajstić information content (AvgIpc) is 2.93. The Labute approximate surface area is 131 Å². The molecule has 2 rings (SSSR count). The van der Waals surface area contributed by atoms with Crippen molar-refractivity contribution < 1.29 is 14.7 Å². The predicted octanol–water partition coefficient (Wildman–Crippen LogP) is 1.95. The third-order valence-electron chi connectivity index (χ3n) is 4.08. The zero-order valence-corrected chi connectivity index (χ0v) is 13.2. The SMILES string of the molecule is CC(C)C(CCO)NC(=O)c1ccc(N2CCCC2=O)cc1. The first kappa shape index (κ1) is 16.5. The van der Waals surface area contributed by atoms with E-state index in [1.807, 2.05) is 26.0 Å². The molecule has 1 unspecified atom stereocenters. The van der Waals surface area contributed by atoms with Crippen molar-refractivity contribution in [2.24, 2.45) is 5.92 Å². The van der Waals surface area contributed by atoms with Crippen LogP contribution in [-0.4, -0.2) is 36.1 Å². The molecular formula is C17H24N2O3. The van der Waals surface area contributed by atoms with Gasteiger partial charge in [-0.25, -0.2) is 0 Å². The van der Waals surface area contributed by atoms with E-state index in [1.165, 1.54) is 0 Å². The number of benzene rings is 1. The maximum atomic E-state index is 12.3. The van der Waals surface area contributed by atoms with Gasteiger partial charge in [0.25, 0.3) is 5.91 Å². The fraction of sp³-hybridized carbons (Fsp3) is 0.529. The van der Waals surface area contributed by atoms with Crippen LogP contribution in [0, 0.1) is 5.92 Å². The summed E-state index contributed by atoms with van der Waals surface area (Å²) in [7, 11) is 0. The molecule has 0 aliphatic carbocycles. The van der Waals surface area contributed by atoms with Crippen LogP contribution in [0.1, 0.15) is 43.5 Å². The van der Waals surface area contributed by atoms with Crippen molar-refractivity contribution in [3.63, 3.8) is 0 Å². The predicted molar refractivity (Wildman–Crippen MR) is 85.8 cm³/mol. The lowest BCUT2D eigenvalue weighted by Gasteiger charge is -2.22. The minimum atomic E-state index is -0.147. The van der Waals surface area contributed by atoms with E-state index in [0.29, 0.717) is 18.4 Å². The first-order valence-electron chi connectivity index (χ1n) is 7.85. The number of carbonyl (C=O) groups excluding carboxylic acids is 2. The van der Waals surface area contributed by atoms with Crippen LogP contribution in [0.3, 0.4) is 0 Å². The molecule has 0 radical (unpaired) electrons. The zero-order chi connectivity index (χ0) is 16.1. The molecule has 0 bridgehead atoms. The van der Waals surface area contributed by atoms with Gasteiger partial charge in [0, 0.05) is 36.9 Å². The van der Waals surface area contributed by atoms with Crippen molar-refractivity contribution in [2.45, 2.75) is 39.2 Å². The second-order valence-corrected chi connectivity index (χ2v) is 6.03. The normalized spacial score (nSPS) is 16.2. The van der Waals surface area contributed by atoms with E-state index in [1.54, 1.807) is 17.0 Å². The molecule has 5 nitrogen and oxygen atoms in total.